The van der Waals surface area contributed by atoms with Crippen molar-refractivity contribution < 1.29 is 37.0 Å². The average molecular weight is 424 g/mol. The van der Waals surface area contributed by atoms with Gasteiger partial charge in [0, 0.05) is 5.69 Å². The first-order chi connectivity index (χ1) is 13.7. The van der Waals surface area contributed by atoms with Gasteiger partial charge in [-0.2, -0.15) is 0 Å². The zero-order valence-electron chi connectivity index (χ0n) is 15.9. The molecule has 0 fully saturated rings. The summed E-state index contributed by atoms with van der Waals surface area (Å²) in [5, 5.41) is 7.47. The van der Waals surface area contributed by atoms with E-state index in [4.69, 9.17) is 24.1 Å². The Balaban J connectivity index is 2.09. The number of nitrogens with one attached hydrogen (secondary N) is 1. The number of esters is 1. The minimum atomic E-state index is -3.92. The van der Waals surface area contributed by atoms with Crippen LogP contribution in [0.4, 0.5) is 5.69 Å². The fourth-order valence-corrected chi connectivity index (χ4v) is 2.98. The first kappa shape index (κ1) is 22.0. The molecule has 0 aliphatic heterocycles. The highest BCUT2D eigenvalue weighted by molar-refractivity contribution is 7.89. The maximum absolute atomic E-state index is 12.4. The van der Waals surface area contributed by atoms with Crippen LogP contribution in [0.1, 0.15) is 10.4 Å². The fraction of sp³-hybridized carbons (Fsp3) is 0.222. The summed E-state index contributed by atoms with van der Waals surface area (Å²) >= 11 is 0. The first-order valence-electron chi connectivity index (χ1n) is 8.10. The van der Waals surface area contributed by atoms with E-state index in [1.807, 2.05) is 0 Å². The third kappa shape index (κ3) is 5.36. The molecule has 3 N–H and O–H groups in total. The molecule has 2 rings (SSSR count). The van der Waals surface area contributed by atoms with E-state index in [-0.39, 0.29) is 27.6 Å². The van der Waals surface area contributed by atoms with Crippen LogP contribution in [0, 0.1) is 0 Å². The van der Waals surface area contributed by atoms with Gasteiger partial charge in [0.05, 0.1) is 26.2 Å². The zero-order chi connectivity index (χ0) is 21.6. The highest BCUT2D eigenvalue weighted by Crippen LogP contribution is 2.39. The summed E-state index contributed by atoms with van der Waals surface area (Å²) in [4.78, 5) is 24.2. The molecule has 0 bridgehead atoms. The Labute approximate surface area is 167 Å². The lowest BCUT2D eigenvalue weighted by Crippen LogP contribution is -2.21. The topological polar surface area (TPSA) is 143 Å². The van der Waals surface area contributed by atoms with Gasteiger partial charge in [-0.05, 0) is 30.3 Å². The number of hydrogen-bond acceptors (Lipinski definition) is 8. The quantitative estimate of drug-likeness (QED) is 0.601. The van der Waals surface area contributed by atoms with E-state index in [2.05, 4.69) is 5.32 Å². The molecule has 2 aromatic rings. The molecule has 11 heteroatoms. The molecule has 0 heterocycles. The maximum atomic E-state index is 12.4. The molecular weight excluding hydrogens is 404 g/mol. The van der Waals surface area contributed by atoms with E-state index in [1.165, 1.54) is 57.7 Å². The highest BCUT2D eigenvalue weighted by Gasteiger charge is 2.22. The molecule has 156 valence electrons. The molecule has 0 radical (unpaired) electrons. The second-order valence-electron chi connectivity index (χ2n) is 5.58. The minimum Gasteiger partial charge on any atom is -0.493 e. The van der Waals surface area contributed by atoms with E-state index in [0.29, 0.717) is 5.75 Å². The number of amides is 1. The molecule has 0 saturated heterocycles. The summed E-state index contributed by atoms with van der Waals surface area (Å²) in [6, 6.07) is 8.26. The lowest BCUT2D eigenvalue weighted by molar-refractivity contribution is -0.119. The van der Waals surface area contributed by atoms with Crippen LogP contribution in [0.3, 0.4) is 0 Å². The van der Waals surface area contributed by atoms with Crippen LogP contribution in [-0.4, -0.2) is 48.2 Å². The Morgan fingerprint density at radius 2 is 1.69 bits per heavy atom. The third-order valence-electron chi connectivity index (χ3n) is 3.70. The molecule has 0 unspecified atom stereocenters. The number of benzene rings is 2. The van der Waals surface area contributed by atoms with Crippen molar-refractivity contribution in [2.24, 2.45) is 5.14 Å². The van der Waals surface area contributed by atoms with Gasteiger partial charge in [-0.25, -0.2) is 18.4 Å². The van der Waals surface area contributed by atoms with Crippen molar-refractivity contribution in [1.82, 2.24) is 0 Å². The standard InChI is InChI=1S/C18H20N2O8S/c1-25-14-8-7-13(16(26-2)17(14)27-3)18(22)28-10-15(21)20-11-5-4-6-12(9-11)29(19,23)24/h4-9H,10H2,1-3H3,(H,20,21)(H2,19,23,24). The monoisotopic (exact) mass is 424 g/mol. The molecule has 1 amide bonds. The second kappa shape index (κ2) is 9.26. The van der Waals surface area contributed by atoms with Gasteiger partial charge in [0.15, 0.2) is 18.1 Å². The third-order valence-corrected chi connectivity index (χ3v) is 4.62. The van der Waals surface area contributed by atoms with E-state index >= 15 is 0 Å². The summed E-state index contributed by atoms with van der Waals surface area (Å²) in [6.45, 7) is -0.615. The first-order valence-corrected chi connectivity index (χ1v) is 9.64. The molecule has 0 aliphatic rings. The second-order valence-corrected chi connectivity index (χ2v) is 7.14. The van der Waals surface area contributed by atoms with Crippen LogP contribution in [0.15, 0.2) is 41.3 Å². The molecule has 0 spiro atoms. The number of methoxy groups -OCH3 is 3. The zero-order valence-corrected chi connectivity index (χ0v) is 16.7. The van der Waals surface area contributed by atoms with Gasteiger partial charge >= 0.3 is 5.97 Å². The van der Waals surface area contributed by atoms with E-state index in [0.717, 1.165) is 0 Å². The molecule has 0 atom stereocenters. The number of carbonyl (C=O) groups excluding carboxylic acids is 2. The van der Waals surface area contributed by atoms with Gasteiger partial charge in [0.2, 0.25) is 15.8 Å². The van der Waals surface area contributed by atoms with Crippen molar-refractivity contribution >= 4 is 27.6 Å². The Morgan fingerprint density at radius 3 is 2.28 bits per heavy atom. The predicted molar refractivity (Wildman–Crippen MR) is 103 cm³/mol. The van der Waals surface area contributed by atoms with Gasteiger partial charge in [-0.1, -0.05) is 6.07 Å². The van der Waals surface area contributed by atoms with Crippen molar-refractivity contribution in [3.8, 4) is 17.2 Å². The Morgan fingerprint density at radius 1 is 1.00 bits per heavy atom. The summed E-state index contributed by atoms with van der Waals surface area (Å²) in [6.07, 6.45) is 0. The molecule has 2 aromatic carbocycles. The predicted octanol–water partition coefficient (Wildman–Crippen LogP) is 1.16. The Hall–Kier alpha value is -3.31. The summed E-state index contributed by atoms with van der Waals surface area (Å²) in [5.41, 5.74) is 0.218. The Bertz CT molecular complexity index is 1020. The fourth-order valence-electron chi connectivity index (χ4n) is 2.42. The van der Waals surface area contributed by atoms with Crippen molar-refractivity contribution in [2.45, 2.75) is 4.90 Å². The largest absolute Gasteiger partial charge is 0.493 e. The van der Waals surface area contributed by atoms with Gasteiger partial charge in [-0.15, -0.1) is 0 Å². The smallest absolute Gasteiger partial charge is 0.342 e. The van der Waals surface area contributed by atoms with Gasteiger partial charge in [0.25, 0.3) is 5.91 Å². The number of nitrogens with two attached hydrogens (primary N) is 1. The number of ether oxygens (including phenoxy) is 4. The van der Waals surface area contributed by atoms with Crippen LogP contribution in [0.25, 0.3) is 0 Å². The van der Waals surface area contributed by atoms with Crippen molar-refractivity contribution in [3.05, 3.63) is 42.0 Å². The molecule has 0 aliphatic carbocycles. The molecule has 10 nitrogen and oxygen atoms in total. The number of carbonyl (C=O) groups is 2. The van der Waals surface area contributed by atoms with Crippen molar-refractivity contribution in [1.29, 1.82) is 0 Å². The number of sulfonamides is 1. The van der Waals surface area contributed by atoms with Crippen LogP contribution >= 0.6 is 0 Å². The molecule has 0 aromatic heterocycles. The van der Waals surface area contributed by atoms with Gasteiger partial charge in [0.1, 0.15) is 5.56 Å². The Kier molecular flexibility index (Phi) is 7.02. The van der Waals surface area contributed by atoms with Crippen LogP contribution < -0.4 is 24.7 Å². The van der Waals surface area contributed by atoms with E-state index < -0.39 is 28.5 Å². The van der Waals surface area contributed by atoms with Crippen LogP contribution in [0.5, 0.6) is 17.2 Å². The summed E-state index contributed by atoms with van der Waals surface area (Å²) in [5.74, 6) is -0.846. The minimum absolute atomic E-state index is 0.0363. The van der Waals surface area contributed by atoms with Gasteiger partial charge < -0.3 is 24.3 Å². The summed E-state index contributed by atoms with van der Waals surface area (Å²) < 4.78 is 43.3. The maximum Gasteiger partial charge on any atom is 0.342 e. The van der Waals surface area contributed by atoms with Crippen molar-refractivity contribution in [3.63, 3.8) is 0 Å². The highest BCUT2D eigenvalue weighted by atomic mass is 32.2. The molecular formula is C18H20N2O8S. The van der Waals surface area contributed by atoms with Crippen LogP contribution in [-0.2, 0) is 19.6 Å². The number of anilines is 1. The number of primary sulfonamides is 1. The average Bonchev–Trinajstić information content (AvgIpc) is 2.70. The molecule has 29 heavy (non-hydrogen) atoms. The normalized spacial score (nSPS) is 10.8. The molecule has 0 saturated carbocycles. The van der Waals surface area contributed by atoms with Gasteiger partial charge in [-0.3, -0.25) is 4.79 Å². The van der Waals surface area contributed by atoms with E-state index in [9.17, 15) is 18.0 Å². The lowest BCUT2D eigenvalue weighted by Gasteiger charge is -2.15. The summed E-state index contributed by atoms with van der Waals surface area (Å²) in [7, 11) is 0.253. The number of hydrogen-bond donors (Lipinski definition) is 2. The lowest BCUT2D eigenvalue weighted by atomic mass is 10.1. The van der Waals surface area contributed by atoms with E-state index in [1.54, 1.807) is 0 Å². The van der Waals surface area contributed by atoms with Crippen molar-refractivity contribution in [2.75, 3.05) is 33.3 Å². The van der Waals surface area contributed by atoms with Crippen LogP contribution in [0.2, 0.25) is 0 Å². The SMILES string of the molecule is COc1ccc(C(=O)OCC(=O)Nc2cccc(S(N)(=O)=O)c2)c(OC)c1OC. The number of rotatable bonds is 8.